The Morgan fingerprint density at radius 2 is 2.04 bits per heavy atom. The lowest BCUT2D eigenvalue weighted by Crippen LogP contribution is -2.10. The van der Waals surface area contributed by atoms with Crippen LogP contribution in [0.5, 0.6) is 5.75 Å². The number of nitrogens with one attached hydrogen (secondary N) is 1. The van der Waals surface area contributed by atoms with Crippen LogP contribution in [0.4, 0.5) is 24.0 Å². The molecule has 0 aliphatic carbocycles. The monoisotopic (exact) mass is 407 g/mol. The Labute approximate surface area is 165 Å². The summed E-state index contributed by atoms with van der Waals surface area (Å²) in [5.41, 5.74) is 1.07. The summed E-state index contributed by atoms with van der Waals surface area (Å²) in [4.78, 5) is 8.46. The minimum atomic E-state index is -4.50. The van der Waals surface area contributed by atoms with Crippen LogP contribution in [0.2, 0.25) is 0 Å². The highest BCUT2D eigenvalue weighted by Gasteiger charge is 2.34. The van der Waals surface area contributed by atoms with E-state index in [9.17, 15) is 13.2 Å². The molecule has 0 spiro atoms. The molecule has 148 valence electrons. The summed E-state index contributed by atoms with van der Waals surface area (Å²) in [5, 5.41) is 5.27. The summed E-state index contributed by atoms with van der Waals surface area (Å²) in [6, 6.07) is 7.65. The van der Waals surface area contributed by atoms with Crippen molar-refractivity contribution in [2.24, 2.45) is 0 Å². The van der Waals surface area contributed by atoms with Crippen molar-refractivity contribution in [2.75, 3.05) is 11.9 Å². The van der Waals surface area contributed by atoms with Crippen LogP contribution in [0.1, 0.15) is 31.7 Å². The van der Waals surface area contributed by atoms with Crippen molar-refractivity contribution in [1.82, 2.24) is 9.97 Å². The van der Waals surface area contributed by atoms with E-state index in [0.29, 0.717) is 16.5 Å². The molecular weight excluding hydrogens is 387 g/mol. The van der Waals surface area contributed by atoms with E-state index >= 15 is 0 Å². The van der Waals surface area contributed by atoms with Crippen LogP contribution in [-0.4, -0.2) is 16.6 Å². The maximum atomic E-state index is 13.4. The zero-order valence-electron chi connectivity index (χ0n) is 15.3. The zero-order valence-corrected chi connectivity index (χ0v) is 16.1. The molecule has 1 aromatic carbocycles. The van der Waals surface area contributed by atoms with Crippen molar-refractivity contribution in [3.63, 3.8) is 0 Å². The number of unbranched alkanes of at least 4 members (excludes halogenated alkanes) is 2. The molecule has 0 radical (unpaired) electrons. The fourth-order valence-electron chi connectivity index (χ4n) is 2.59. The minimum absolute atomic E-state index is 0.149. The average molecular weight is 407 g/mol. The summed E-state index contributed by atoms with van der Waals surface area (Å²) >= 11 is 1.31. The third-order valence-electron chi connectivity index (χ3n) is 4.00. The minimum Gasteiger partial charge on any atom is -0.493 e. The first-order valence-corrected chi connectivity index (χ1v) is 9.82. The van der Waals surface area contributed by atoms with E-state index in [2.05, 4.69) is 15.3 Å². The fourth-order valence-corrected chi connectivity index (χ4v) is 3.33. The Hall–Kier alpha value is -2.61. The number of rotatable bonds is 8. The van der Waals surface area contributed by atoms with Gasteiger partial charge in [-0.3, -0.25) is 4.98 Å². The largest absolute Gasteiger partial charge is 0.493 e. The molecule has 0 aliphatic heterocycles. The predicted molar refractivity (Wildman–Crippen MR) is 105 cm³/mol. The molecule has 4 nitrogen and oxygen atoms in total. The van der Waals surface area contributed by atoms with Crippen LogP contribution in [0.25, 0.3) is 11.3 Å². The lowest BCUT2D eigenvalue weighted by atomic mass is 10.1. The van der Waals surface area contributed by atoms with Gasteiger partial charge in [0.1, 0.15) is 5.75 Å². The van der Waals surface area contributed by atoms with Crippen LogP contribution in [0, 0.1) is 0 Å². The topological polar surface area (TPSA) is 47.0 Å². The normalized spacial score (nSPS) is 11.4. The first-order chi connectivity index (χ1) is 13.5. The Balaban J connectivity index is 1.76. The van der Waals surface area contributed by atoms with Crippen molar-refractivity contribution < 1.29 is 17.9 Å². The highest BCUT2D eigenvalue weighted by molar-refractivity contribution is 7.14. The van der Waals surface area contributed by atoms with Gasteiger partial charge in [0.2, 0.25) is 0 Å². The number of halogens is 3. The number of anilines is 2. The molecule has 0 bridgehead atoms. The quantitative estimate of drug-likeness (QED) is 0.431. The highest BCUT2D eigenvalue weighted by Crippen LogP contribution is 2.39. The smallest absolute Gasteiger partial charge is 0.420 e. The molecule has 28 heavy (non-hydrogen) atoms. The predicted octanol–water partition coefficient (Wildman–Crippen LogP) is 6.54. The van der Waals surface area contributed by atoms with Crippen LogP contribution in [-0.2, 0) is 6.18 Å². The molecule has 0 aliphatic rings. The third-order valence-corrected chi connectivity index (χ3v) is 4.76. The summed E-state index contributed by atoms with van der Waals surface area (Å²) < 4.78 is 45.7. The molecule has 0 atom stereocenters. The summed E-state index contributed by atoms with van der Waals surface area (Å²) in [6.07, 6.45) is 1.48. The van der Waals surface area contributed by atoms with Crippen molar-refractivity contribution in [3.05, 3.63) is 53.7 Å². The molecule has 8 heteroatoms. The van der Waals surface area contributed by atoms with E-state index in [-0.39, 0.29) is 12.4 Å². The molecule has 0 fully saturated rings. The lowest BCUT2D eigenvalue weighted by Gasteiger charge is -2.15. The van der Waals surface area contributed by atoms with E-state index in [4.69, 9.17) is 4.74 Å². The van der Waals surface area contributed by atoms with Gasteiger partial charge < -0.3 is 10.1 Å². The molecule has 0 unspecified atom stereocenters. The van der Waals surface area contributed by atoms with Gasteiger partial charge in [-0.15, -0.1) is 11.3 Å². The van der Waals surface area contributed by atoms with Gasteiger partial charge in [0.05, 0.1) is 17.9 Å². The summed E-state index contributed by atoms with van der Waals surface area (Å²) in [5.74, 6) is -0.149. The van der Waals surface area contributed by atoms with Crippen molar-refractivity contribution in [3.8, 4) is 17.0 Å². The van der Waals surface area contributed by atoms with Gasteiger partial charge in [-0.25, -0.2) is 4.98 Å². The highest BCUT2D eigenvalue weighted by atomic mass is 32.1. The number of nitrogens with zero attached hydrogens (tertiary/aromatic N) is 2. The van der Waals surface area contributed by atoms with Gasteiger partial charge in [-0.1, -0.05) is 19.8 Å². The Morgan fingerprint density at radius 3 is 2.75 bits per heavy atom. The number of pyridine rings is 1. The van der Waals surface area contributed by atoms with Gasteiger partial charge in [0.25, 0.3) is 0 Å². The standard InChI is InChI=1S/C20H20F3N3OS/c1-2-3-4-10-27-18-8-7-15(11-16(18)20(21,22)23)25-19-26-17(13-28-19)14-6-5-9-24-12-14/h5-9,11-13H,2-4,10H2,1H3,(H,25,26). The van der Waals surface area contributed by atoms with E-state index in [1.165, 1.54) is 17.4 Å². The number of hydrogen-bond acceptors (Lipinski definition) is 5. The van der Waals surface area contributed by atoms with Crippen LogP contribution in [0.3, 0.4) is 0 Å². The molecule has 3 rings (SSSR count). The van der Waals surface area contributed by atoms with Gasteiger partial charge in [-0.05, 0) is 36.8 Å². The van der Waals surface area contributed by atoms with E-state index in [1.807, 2.05) is 18.4 Å². The molecule has 2 heterocycles. The molecule has 1 N–H and O–H groups in total. The van der Waals surface area contributed by atoms with Crippen molar-refractivity contribution in [2.45, 2.75) is 32.4 Å². The first kappa shape index (κ1) is 20.1. The Bertz CT molecular complexity index is 897. The maximum absolute atomic E-state index is 13.4. The number of benzene rings is 1. The Kier molecular flexibility index (Phi) is 6.51. The van der Waals surface area contributed by atoms with E-state index in [0.717, 1.165) is 30.9 Å². The molecule has 3 aromatic rings. The first-order valence-electron chi connectivity index (χ1n) is 8.94. The number of alkyl halides is 3. The SMILES string of the molecule is CCCCCOc1ccc(Nc2nc(-c3cccnc3)cs2)cc1C(F)(F)F. The van der Waals surface area contributed by atoms with Gasteiger partial charge in [0.15, 0.2) is 5.13 Å². The molecule has 2 aromatic heterocycles. The summed E-state index contributed by atoms with van der Waals surface area (Å²) in [6.45, 7) is 2.30. The van der Waals surface area contributed by atoms with Gasteiger partial charge in [-0.2, -0.15) is 13.2 Å². The Morgan fingerprint density at radius 1 is 1.18 bits per heavy atom. The van der Waals surface area contributed by atoms with Gasteiger partial charge in [0, 0.05) is 29.0 Å². The second kappa shape index (κ2) is 9.05. The number of ether oxygens (including phenoxy) is 1. The molecule has 0 amide bonds. The van der Waals surface area contributed by atoms with Crippen molar-refractivity contribution in [1.29, 1.82) is 0 Å². The fraction of sp³-hybridized carbons (Fsp3) is 0.300. The molecule has 0 saturated carbocycles. The van der Waals surface area contributed by atoms with Crippen LogP contribution < -0.4 is 10.1 Å². The lowest BCUT2D eigenvalue weighted by molar-refractivity contribution is -0.138. The van der Waals surface area contributed by atoms with E-state index in [1.54, 1.807) is 24.5 Å². The van der Waals surface area contributed by atoms with Crippen LogP contribution in [0.15, 0.2) is 48.1 Å². The zero-order chi connectivity index (χ0) is 20.0. The van der Waals surface area contributed by atoms with Gasteiger partial charge >= 0.3 is 6.18 Å². The van der Waals surface area contributed by atoms with Crippen molar-refractivity contribution >= 4 is 22.2 Å². The maximum Gasteiger partial charge on any atom is 0.420 e. The molecular formula is C20H20F3N3OS. The second-order valence-corrected chi connectivity index (χ2v) is 7.03. The number of aromatic nitrogens is 2. The number of hydrogen-bond donors (Lipinski definition) is 1. The second-order valence-electron chi connectivity index (χ2n) is 6.17. The van der Waals surface area contributed by atoms with Crippen LogP contribution >= 0.6 is 11.3 Å². The third kappa shape index (κ3) is 5.22. The van der Waals surface area contributed by atoms with E-state index < -0.39 is 11.7 Å². The molecule has 0 saturated heterocycles. The average Bonchev–Trinajstić information content (AvgIpc) is 3.14. The number of thiazole rings is 1. The summed E-state index contributed by atoms with van der Waals surface area (Å²) in [7, 11) is 0.